The van der Waals surface area contributed by atoms with E-state index in [9.17, 15) is 4.39 Å². The van der Waals surface area contributed by atoms with Crippen molar-refractivity contribution in [2.24, 2.45) is 0 Å². The Bertz CT molecular complexity index is 691. The molecule has 0 unspecified atom stereocenters. The third-order valence-electron chi connectivity index (χ3n) is 5.37. The number of nitrogens with zero attached hydrogens (tertiary/aromatic N) is 3. The Balaban J connectivity index is 1.28. The van der Waals surface area contributed by atoms with Crippen molar-refractivity contribution >= 4 is 16.5 Å². The van der Waals surface area contributed by atoms with E-state index >= 15 is 0 Å². The van der Waals surface area contributed by atoms with Crippen molar-refractivity contribution in [2.75, 3.05) is 18.0 Å². The van der Waals surface area contributed by atoms with Gasteiger partial charge in [0.05, 0.1) is 12.2 Å². The van der Waals surface area contributed by atoms with Gasteiger partial charge in [-0.1, -0.05) is 42.7 Å². The van der Waals surface area contributed by atoms with E-state index in [4.69, 9.17) is 4.74 Å². The van der Waals surface area contributed by atoms with E-state index in [1.165, 1.54) is 44.2 Å². The van der Waals surface area contributed by atoms with Gasteiger partial charge in [-0.3, -0.25) is 0 Å². The van der Waals surface area contributed by atoms with Crippen LogP contribution in [0.15, 0.2) is 24.3 Å². The Morgan fingerprint density at radius 3 is 2.38 bits per heavy atom. The van der Waals surface area contributed by atoms with Crippen LogP contribution in [0.4, 0.5) is 9.52 Å². The molecule has 1 aliphatic heterocycles. The fourth-order valence-electron chi connectivity index (χ4n) is 3.88. The molecule has 4 rings (SSSR count). The van der Waals surface area contributed by atoms with Crippen LogP contribution >= 0.6 is 11.3 Å². The SMILES string of the molecule is Fc1ccc(Cc2nnc(N3CCC(OC4CCCCC4)CC3)s2)cc1. The number of rotatable bonds is 5. The monoisotopic (exact) mass is 375 g/mol. The van der Waals surface area contributed by atoms with Gasteiger partial charge in [-0.15, -0.1) is 10.2 Å². The Labute approximate surface area is 158 Å². The highest BCUT2D eigenvalue weighted by molar-refractivity contribution is 7.15. The first-order valence-corrected chi connectivity index (χ1v) is 10.5. The van der Waals surface area contributed by atoms with Gasteiger partial charge in [0, 0.05) is 19.5 Å². The molecular weight excluding hydrogens is 349 g/mol. The maximum atomic E-state index is 13.0. The second-order valence-corrected chi connectivity index (χ2v) is 8.40. The van der Waals surface area contributed by atoms with E-state index in [2.05, 4.69) is 15.1 Å². The van der Waals surface area contributed by atoms with E-state index < -0.39 is 0 Å². The maximum Gasteiger partial charge on any atom is 0.208 e. The van der Waals surface area contributed by atoms with Gasteiger partial charge in [0.2, 0.25) is 5.13 Å². The normalized spacial score (nSPS) is 19.8. The molecular formula is C20H26FN3OS. The van der Waals surface area contributed by atoms with Gasteiger partial charge < -0.3 is 9.64 Å². The van der Waals surface area contributed by atoms with Gasteiger partial charge in [0.1, 0.15) is 10.8 Å². The standard InChI is InChI=1S/C20H26FN3OS/c21-16-8-6-15(7-9-16)14-19-22-23-20(26-19)24-12-10-18(11-13-24)25-17-4-2-1-3-5-17/h6-9,17-18H,1-5,10-14H2. The molecule has 0 radical (unpaired) electrons. The van der Waals surface area contributed by atoms with Crippen molar-refractivity contribution in [1.82, 2.24) is 10.2 Å². The van der Waals surface area contributed by atoms with Crippen molar-refractivity contribution in [3.8, 4) is 0 Å². The van der Waals surface area contributed by atoms with Crippen LogP contribution in [0.25, 0.3) is 0 Å². The minimum absolute atomic E-state index is 0.204. The lowest BCUT2D eigenvalue weighted by Gasteiger charge is -2.34. The molecule has 1 aromatic carbocycles. The van der Waals surface area contributed by atoms with Gasteiger partial charge in [0.25, 0.3) is 0 Å². The second-order valence-electron chi connectivity index (χ2n) is 7.36. The number of anilines is 1. The lowest BCUT2D eigenvalue weighted by Crippen LogP contribution is -2.38. The molecule has 1 aliphatic carbocycles. The summed E-state index contributed by atoms with van der Waals surface area (Å²) in [4.78, 5) is 2.33. The van der Waals surface area contributed by atoms with E-state index in [0.717, 1.165) is 41.6 Å². The molecule has 2 fully saturated rings. The lowest BCUT2D eigenvalue weighted by molar-refractivity contribution is -0.0395. The highest BCUT2D eigenvalue weighted by Crippen LogP contribution is 2.28. The van der Waals surface area contributed by atoms with E-state index in [1.807, 2.05) is 12.1 Å². The van der Waals surface area contributed by atoms with Crippen molar-refractivity contribution < 1.29 is 9.13 Å². The van der Waals surface area contributed by atoms with Crippen molar-refractivity contribution in [2.45, 2.75) is 63.6 Å². The highest BCUT2D eigenvalue weighted by Gasteiger charge is 2.25. The van der Waals surface area contributed by atoms with E-state index in [1.54, 1.807) is 11.3 Å². The average molecular weight is 376 g/mol. The van der Waals surface area contributed by atoms with Crippen LogP contribution in [-0.2, 0) is 11.2 Å². The Kier molecular flexibility index (Phi) is 5.80. The van der Waals surface area contributed by atoms with Gasteiger partial charge in [-0.05, 0) is 43.4 Å². The summed E-state index contributed by atoms with van der Waals surface area (Å²) < 4.78 is 19.3. The summed E-state index contributed by atoms with van der Waals surface area (Å²) in [6.45, 7) is 1.98. The molecule has 0 spiro atoms. The first-order valence-electron chi connectivity index (χ1n) is 9.73. The third kappa shape index (κ3) is 4.60. The number of halogens is 1. The molecule has 0 atom stereocenters. The second kappa shape index (κ2) is 8.44. The molecule has 2 aromatic rings. The number of ether oxygens (including phenoxy) is 1. The van der Waals surface area contributed by atoms with Gasteiger partial charge in [-0.2, -0.15) is 0 Å². The van der Waals surface area contributed by atoms with Crippen LogP contribution in [0.3, 0.4) is 0 Å². The fourth-order valence-corrected chi connectivity index (χ4v) is 4.80. The minimum Gasteiger partial charge on any atom is -0.375 e. The maximum absolute atomic E-state index is 13.0. The number of benzene rings is 1. The molecule has 0 bridgehead atoms. The predicted octanol–water partition coefficient (Wildman–Crippen LogP) is 4.59. The summed E-state index contributed by atoms with van der Waals surface area (Å²) >= 11 is 1.64. The molecule has 26 heavy (non-hydrogen) atoms. The Hall–Kier alpha value is -1.53. The fraction of sp³-hybridized carbons (Fsp3) is 0.600. The van der Waals surface area contributed by atoms with Crippen LogP contribution in [0.1, 0.15) is 55.5 Å². The number of aromatic nitrogens is 2. The zero-order valence-corrected chi connectivity index (χ0v) is 15.9. The molecule has 4 nitrogen and oxygen atoms in total. The summed E-state index contributed by atoms with van der Waals surface area (Å²) in [7, 11) is 0. The van der Waals surface area contributed by atoms with E-state index in [0.29, 0.717) is 18.6 Å². The number of hydrogen-bond donors (Lipinski definition) is 0. The summed E-state index contributed by atoms with van der Waals surface area (Å²) in [6.07, 6.45) is 10.2. The van der Waals surface area contributed by atoms with Gasteiger partial charge in [0.15, 0.2) is 0 Å². The first-order chi connectivity index (χ1) is 12.8. The molecule has 2 heterocycles. The van der Waals surface area contributed by atoms with Crippen molar-refractivity contribution in [3.63, 3.8) is 0 Å². The van der Waals surface area contributed by atoms with Gasteiger partial charge >= 0.3 is 0 Å². The first kappa shape index (κ1) is 17.9. The largest absolute Gasteiger partial charge is 0.375 e. The lowest BCUT2D eigenvalue weighted by atomic mass is 9.97. The Morgan fingerprint density at radius 1 is 0.962 bits per heavy atom. The summed E-state index contributed by atoms with van der Waals surface area (Å²) in [5, 5.41) is 10.7. The van der Waals surface area contributed by atoms with Crippen LogP contribution in [0, 0.1) is 5.82 Å². The minimum atomic E-state index is -0.204. The van der Waals surface area contributed by atoms with Crippen LogP contribution in [0.5, 0.6) is 0 Å². The quantitative estimate of drug-likeness (QED) is 0.766. The van der Waals surface area contributed by atoms with Crippen LogP contribution in [0.2, 0.25) is 0 Å². The number of piperidine rings is 1. The van der Waals surface area contributed by atoms with Crippen molar-refractivity contribution in [1.29, 1.82) is 0 Å². The average Bonchev–Trinajstić information content (AvgIpc) is 3.14. The topological polar surface area (TPSA) is 38.2 Å². The smallest absolute Gasteiger partial charge is 0.208 e. The van der Waals surface area contributed by atoms with Crippen LogP contribution in [-0.4, -0.2) is 35.5 Å². The van der Waals surface area contributed by atoms with Crippen molar-refractivity contribution in [3.05, 3.63) is 40.7 Å². The molecule has 1 saturated heterocycles. The highest BCUT2D eigenvalue weighted by atomic mass is 32.1. The van der Waals surface area contributed by atoms with Gasteiger partial charge in [-0.25, -0.2) is 4.39 Å². The Morgan fingerprint density at radius 2 is 1.65 bits per heavy atom. The summed E-state index contributed by atoms with van der Waals surface area (Å²) in [5.74, 6) is -0.204. The van der Waals surface area contributed by atoms with Crippen LogP contribution < -0.4 is 4.90 Å². The third-order valence-corrected chi connectivity index (χ3v) is 6.36. The summed E-state index contributed by atoms with van der Waals surface area (Å²) in [5.41, 5.74) is 1.06. The molecule has 2 aliphatic rings. The van der Waals surface area contributed by atoms with E-state index in [-0.39, 0.29) is 5.82 Å². The molecule has 1 saturated carbocycles. The predicted molar refractivity (Wildman–Crippen MR) is 102 cm³/mol. The molecule has 0 amide bonds. The summed E-state index contributed by atoms with van der Waals surface area (Å²) in [6, 6.07) is 6.61. The zero-order valence-electron chi connectivity index (χ0n) is 15.1. The number of hydrogen-bond acceptors (Lipinski definition) is 5. The molecule has 0 N–H and O–H groups in total. The molecule has 1 aromatic heterocycles. The zero-order chi connectivity index (χ0) is 17.8. The molecule has 6 heteroatoms. The molecule has 140 valence electrons.